The molecule has 0 aliphatic carbocycles. The van der Waals surface area contributed by atoms with E-state index in [4.69, 9.17) is 16.3 Å². The van der Waals surface area contributed by atoms with Crippen LogP contribution in [0.4, 0.5) is 4.39 Å². The van der Waals surface area contributed by atoms with Crippen LogP contribution in [0.3, 0.4) is 0 Å². The number of nitrogens with zero attached hydrogens (tertiary/aromatic N) is 3. The first-order valence-electron chi connectivity index (χ1n) is 9.22. The van der Waals surface area contributed by atoms with Crippen molar-refractivity contribution in [2.75, 3.05) is 13.7 Å². The van der Waals surface area contributed by atoms with Gasteiger partial charge in [0.25, 0.3) is 0 Å². The number of halogens is 2. The SMILES string of the molecule is COc1ccc(S(=O)(=O)NCCc2sc3nc(-c4ccc(Cl)cc4)nn3c2C)cc1F. The van der Waals surface area contributed by atoms with Gasteiger partial charge in [-0.3, -0.25) is 0 Å². The van der Waals surface area contributed by atoms with Gasteiger partial charge in [0.15, 0.2) is 17.4 Å². The Bertz CT molecular complexity index is 1350. The maximum atomic E-state index is 13.8. The minimum atomic E-state index is -3.84. The third-order valence-electron chi connectivity index (χ3n) is 4.69. The summed E-state index contributed by atoms with van der Waals surface area (Å²) in [4.78, 5) is 6.08. The third-order valence-corrected chi connectivity index (χ3v) is 7.60. The van der Waals surface area contributed by atoms with Crippen molar-refractivity contribution in [1.82, 2.24) is 19.3 Å². The predicted octanol–water partition coefficient (Wildman–Crippen LogP) is 4.09. The van der Waals surface area contributed by atoms with Gasteiger partial charge < -0.3 is 4.74 Å². The van der Waals surface area contributed by atoms with E-state index in [1.165, 1.54) is 30.6 Å². The number of fused-ring (bicyclic) bond motifs is 1. The summed E-state index contributed by atoms with van der Waals surface area (Å²) in [6.45, 7) is 2.07. The van der Waals surface area contributed by atoms with Crippen LogP contribution in [0.25, 0.3) is 16.3 Å². The van der Waals surface area contributed by atoms with Gasteiger partial charge in [-0.05, 0) is 55.8 Å². The molecule has 1 N–H and O–H groups in total. The zero-order chi connectivity index (χ0) is 22.2. The van der Waals surface area contributed by atoms with E-state index in [1.807, 2.05) is 19.1 Å². The first kappa shape index (κ1) is 21.7. The Morgan fingerprint density at radius 2 is 1.97 bits per heavy atom. The van der Waals surface area contributed by atoms with Gasteiger partial charge in [-0.15, -0.1) is 5.10 Å². The second-order valence-corrected chi connectivity index (χ2v) is 9.96. The van der Waals surface area contributed by atoms with Crippen molar-refractivity contribution in [2.45, 2.75) is 18.2 Å². The zero-order valence-electron chi connectivity index (χ0n) is 16.6. The normalized spacial score (nSPS) is 11.9. The first-order chi connectivity index (χ1) is 14.8. The highest BCUT2D eigenvalue weighted by molar-refractivity contribution is 7.89. The molecule has 4 aromatic rings. The maximum Gasteiger partial charge on any atom is 0.240 e. The molecule has 0 unspecified atom stereocenters. The van der Waals surface area contributed by atoms with Crippen LogP contribution in [-0.4, -0.2) is 36.7 Å². The quantitative estimate of drug-likeness (QED) is 0.430. The lowest BCUT2D eigenvalue weighted by atomic mass is 10.2. The summed E-state index contributed by atoms with van der Waals surface area (Å²) in [7, 11) is -2.53. The molecule has 0 bridgehead atoms. The fourth-order valence-electron chi connectivity index (χ4n) is 3.03. The lowest BCUT2D eigenvalue weighted by Gasteiger charge is -2.08. The smallest absolute Gasteiger partial charge is 0.240 e. The van der Waals surface area contributed by atoms with E-state index in [2.05, 4.69) is 14.8 Å². The Balaban J connectivity index is 1.46. The van der Waals surface area contributed by atoms with Crippen LogP contribution >= 0.6 is 22.9 Å². The molecule has 2 aromatic heterocycles. The molecule has 0 saturated carbocycles. The number of ether oxygens (including phenoxy) is 1. The van der Waals surface area contributed by atoms with E-state index in [1.54, 1.807) is 16.6 Å². The molecular weight excluding hydrogens is 463 g/mol. The van der Waals surface area contributed by atoms with Gasteiger partial charge in [-0.1, -0.05) is 22.9 Å². The van der Waals surface area contributed by atoms with Crippen LogP contribution < -0.4 is 9.46 Å². The molecule has 0 amide bonds. The average molecular weight is 481 g/mol. The molecule has 31 heavy (non-hydrogen) atoms. The van der Waals surface area contributed by atoms with E-state index >= 15 is 0 Å². The van der Waals surface area contributed by atoms with Gasteiger partial charge in [0, 0.05) is 22.0 Å². The van der Waals surface area contributed by atoms with Crippen LogP contribution in [0.2, 0.25) is 5.02 Å². The number of methoxy groups -OCH3 is 1. The maximum absolute atomic E-state index is 13.8. The molecule has 0 aliphatic heterocycles. The molecule has 2 heterocycles. The van der Waals surface area contributed by atoms with Crippen molar-refractivity contribution in [1.29, 1.82) is 0 Å². The van der Waals surface area contributed by atoms with Crippen molar-refractivity contribution >= 4 is 37.9 Å². The van der Waals surface area contributed by atoms with Crippen LogP contribution in [0.5, 0.6) is 5.75 Å². The Kier molecular flexibility index (Phi) is 5.98. The van der Waals surface area contributed by atoms with E-state index < -0.39 is 15.8 Å². The van der Waals surface area contributed by atoms with Crippen LogP contribution in [0, 0.1) is 12.7 Å². The van der Waals surface area contributed by atoms with Crippen LogP contribution in [0.15, 0.2) is 47.4 Å². The number of hydrogen-bond donors (Lipinski definition) is 1. The lowest BCUT2D eigenvalue weighted by molar-refractivity contribution is 0.385. The lowest BCUT2D eigenvalue weighted by Crippen LogP contribution is -2.26. The van der Waals surface area contributed by atoms with E-state index in [-0.39, 0.29) is 17.2 Å². The fourth-order valence-corrected chi connectivity index (χ4v) is 5.26. The molecule has 0 aliphatic rings. The molecule has 0 saturated heterocycles. The Hall–Kier alpha value is -2.53. The summed E-state index contributed by atoms with van der Waals surface area (Å²) in [6, 6.07) is 10.8. The number of nitrogens with one attached hydrogen (secondary N) is 1. The number of rotatable bonds is 7. The topological polar surface area (TPSA) is 85.6 Å². The summed E-state index contributed by atoms with van der Waals surface area (Å²) in [5.74, 6) is -0.148. The summed E-state index contributed by atoms with van der Waals surface area (Å²) in [6.07, 6.45) is 0.454. The average Bonchev–Trinajstić information content (AvgIpc) is 3.28. The number of benzene rings is 2. The van der Waals surface area contributed by atoms with Crippen molar-refractivity contribution in [2.24, 2.45) is 0 Å². The molecule has 0 spiro atoms. The second kappa shape index (κ2) is 8.54. The molecule has 2 aromatic carbocycles. The minimum absolute atomic E-state index is 0.0121. The fraction of sp³-hybridized carbons (Fsp3) is 0.200. The van der Waals surface area contributed by atoms with Crippen LogP contribution in [-0.2, 0) is 16.4 Å². The first-order valence-corrected chi connectivity index (χ1v) is 11.9. The third kappa shape index (κ3) is 4.42. The highest BCUT2D eigenvalue weighted by Gasteiger charge is 2.18. The second-order valence-electron chi connectivity index (χ2n) is 6.69. The minimum Gasteiger partial charge on any atom is -0.494 e. The highest BCUT2D eigenvalue weighted by Crippen LogP contribution is 2.26. The summed E-state index contributed by atoms with van der Waals surface area (Å²) in [5.41, 5.74) is 1.75. The predicted molar refractivity (Wildman–Crippen MR) is 118 cm³/mol. The molecule has 0 radical (unpaired) electrons. The number of aromatic nitrogens is 3. The molecule has 11 heteroatoms. The molecule has 7 nitrogen and oxygen atoms in total. The number of aryl methyl sites for hydroxylation is 1. The van der Waals surface area contributed by atoms with Gasteiger partial charge in [0.2, 0.25) is 15.0 Å². The molecule has 0 atom stereocenters. The van der Waals surface area contributed by atoms with E-state index in [0.29, 0.717) is 17.3 Å². The van der Waals surface area contributed by atoms with Crippen molar-refractivity contribution < 1.29 is 17.5 Å². The number of thiazole rings is 1. The van der Waals surface area contributed by atoms with Gasteiger partial charge in [0.05, 0.1) is 17.7 Å². The largest absolute Gasteiger partial charge is 0.494 e. The Morgan fingerprint density at radius 3 is 2.61 bits per heavy atom. The summed E-state index contributed by atoms with van der Waals surface area (Å²) >= 11 is 7.38. The highest BCUT2D eigenvalue weighted by atomic mass is 35.5. The Labute approximate surface area is 187 Å². The van der Waals surface area contributed by atoms with Crippen molar-refractivity contribution in [3.05, 3.63) is 63.9 Å². The van der Waals surface area contributed by atoms with Crippen molar-refractivity contribution in [3.63, 3.8) is 0 Å². The number of hydrogen-bond acceptors (Lipinski definition) is 6. The van der Waals surface area contributed by atoms with Gasteiger partial charge in [-0.2, -0.15) is 4.98 Å². The van der Waals surface area contributed by atoms with E-state index in [9.17, 15) is 12.8 Å². The zero-order valence-corrected chi connectivity index (χ0v) is 19.0. The van der Waals surface area contributed by atoms with E-state index in [0.717, 1.165) is 27.2 Å². The Morgan fingerprint density at radius 1 is 1.23 bits per heavy atom. The molecule has 162 valence electrons. The molecule has 0 fully saturated rings. The molecular formula is C20H18ClFN4O3S2. The summed E-state index contributed by atoms with van der Waals surface area (Å²) < 4.78 is 47.8. The van der Waals surface area contributed by atoms with Gasteiger partial charge >= 0.3 is 0 Å². The van der Waals surface area contributed by atoms with Gasteiger partial charge in [0.1, 0.15) is 0 Å². The summed E-state index contributed by atoms with van der Waals surface area (Å²) in [5, 5.41) is 5.19. The van der Waals surface area contributed by atoms with Crippen molar-refractivity contribution in [3.8, 4) is 17.1 Å². The van der Waals surface area contributed by atoms with Crippen LogP contribution in [0.1, 0.15) is 10.6 Å². The monoisotopic (exact) mass is 480 g/mol. The standard InChI is InChI=1S/C20H18ClFN4O3S2/c1-12-18(9-10-23-31(27,28)15-7-8-17(29-2)16(22)11-15)30-20-24-19(25-26(12)20)13-3-5-14(21)6-4-13/h3-8,11,23H,9-10H2,1-2H3. The molecule has 4 rings (SSSR count). The van der Waals surface area contributed by atoms with Gasteiger partial charge in [-0.25, -0.2) is 22.0 Å². The number of sulfonamides is 1.